The minimum Gasteiger partial charge on any atom is -0.491 e. The summed E-state index contributed by atoms with van der Waals surface area (Å²) in [6.07, 6.45) is 2.59. The maximum absolute atomic E-state index is 6.06. The van der Waals surface area contributed by atoms with Crippen LogP contribution in [0.25, 0.3) is 0 Å². The van der Waals surface area contributed by atoms with E-state index in [0.29, 0.717) is 10.8 Å². The molecule has 1 heterocycles. The number of nitrogen functional groups attached to an aromatic ring is 1. The Morgan fingerprint density at radius 3 is 2.95 bits per heavy atom. The number of benzene rings is 1. The van der Waals surface area contributed by atoms with Gasteiger partial charge in [-0.25, -0.2) is 10.8 Å². The Bertz CT molecular complexity index is 608. The molecule has 2 aromatic rings. The quantitative estimate of drug-likeness (QED) is 0.560. The van der Waals surface area contributed by atoms with Gasteiger partial charge in [0.25, 0.3) is 0 Å². The summed E-state index contributed by atoms with van der Waals surface area (Å²) in [6.45, 7) is 4.11. The van der Waals surface area contributed by atoms with Gasteiger partial charge >= 0.3 is 0 Å². The lowest BCUT2D eigenvalue weighted by Crippen LogP contribution is -2.11. The van der Waals surface area contributed by atoms with Crippen LogP contribution in [0, 0.1) is 0 Å². The normalized spacial score (nSPS) is 11.8. The van der Waals surface area contributed by atoms with Crippen molar-refractivity contribution in [3.8, 4) is 5.75 Å². The average molecular weight is 308 g/mol. The zero-order chi connectivity index (χ0) is 15.2. The van der Waals surface area contributed by atoms with Crippen LogP contribution in [-0.2, 0) is 0 Å². The second-order valence-electron chi connectivity index (χ2n) is 4.52. The van der Waals surface area contributed by atoms with Crippen LogP contribution in [0.4, 0.5) is 17.5 Å². The van der Waals surface area contributed by atoms with Gasteiger partial charge in [-0.2, -0.15) is 4.98 Å². The minimum atomic E-state index is 0.163. The molecule has 0 radical (unpaired) electrons. The minimum absolute atomic E-state index is 0.163. The molecule has 7 heteroatoms. The summed E-state index contributed by atoms with van der Waals surface area (Å²) in [5.41, 5.74) is 3.20. The van der Waals surface area contributed by atoms with Crippen LogP contribution < -0.4 is 21.3 Å². The summed E-state index contributed by atoms with van der Waals surface area (Å²) in [5.74, 6) is 6.84. The predicted octanol–water partition coefficient (Wildman–Crippen LogP) is 3.34. The van der Waals surface area contributed by atoms with Crippen molar-refractivity contribution in [1.82, 2.24) is 9.97 Å². The summed E-state index contributed by atoms with van der Waals surface area (Å²) in [6, 6.07) is 7.60. The summed E-state index contributed by atoms with van der Waals surface area (Å²) < 4.78 is 5.78. The zero-order valence-electron chi connectivity index (χ0n) is 11.9. The molecular weight excluding hydrogens is 290 g/mol. The van der Waals surface area contributed by atoms with E-state index in [2.05, 4.69) is 27.6 Å². The molecule has 21 heavy (non-hydrogen) atoms. The Kier molecular flexibility index (Phi) is 5.19. The fourth-order valence-electron chi connectivity index (χ4n) is 1.62. The molecule has 4 N–H and O–H groups in total. The molecule has 1 atom stereocenters. The highest BCUT2D eigenvalue weighted by atomic mass is 35.5. The van der Waals surface area contributed by atoms with Crippen molar-refractivity contribution in [3.63, 3.8) is 0 Å². The first-order valence-corrected chi connectivity index (χ1v) is 7.03. The maximum atomic E-state index is 6.06. The van der Waals surface area contributed by atoms with Crippen LogP contribution in [0.1, 0.15) is 20.3 Å². The van der Waals surface area contributed by atoms with Crippen molar-refractivity contribution in [2.24, 2.45) is 5.84 Å². The summed E-state index contributed by atoms with van der Waals surface area (Å²) in [5, 5.41) is 3.52. The van der Waals surface area contributed by atoms with Gasteiger partial charge in [-0.05, 0) is 25.5 Å². The Morgan fingerprint density at radius 2 is 2.24 bits per heavy atom. The van der Waals surface area contributed by atoms with E-state index >= 15 is 0 Å². The second-order valence-corrected chi connectivity index (χ2v) is 4.93. The molecule has 2 rings (SSSR count). The Morgan fingerprint density at radius 1 is 1.43 bits per heavy atom. The molecule has 0 aliphatic heterocycles. The zero-order valence-corrected chi connectivity index (χ0v) is 12.7. The lowest BCUT2D eigenvalue weighted by atomic mass is 10.2. The fourth-order valence-corrected chi connectivity index (χ4v) is 1.76. The van der Waals surface area contributed by atoms with Crippen LogP contribution >= 0.6 is 11.6 Å². The average Bonchev–Trinajstić information content (AvgIpc) is 2.49. The highest BCUT2D eigenvalue weighted by Crippen LogP contribution is 2.26. The van der Waals surface area contributed by atoms with Gasteiger partial charge in [-0.15, -0.1) is 0 Å². The second kappa shape index (κ2) is 7.10. The number of nitrogens with zero attached hydrogens (tertiary/aromatic N) is 2. The summed E-state index contributed by atoms with van der Waals surface area (Å²) >= 11 is 6.06. The highest BCUT2D eigenvalue weighted by molar-refractivity contribution is 6.32. The number of ether oxygens (including phenoxy) is 1. The van der Waals surface area contributed by atoms with E-state index in [1.54, 1.807) is 0 Å². The lowest BCUT2D eigenvalue weighted by Gasteiger charge is -2.14. The molecule has 112 valence electrons. The van der Waals surface area contributed by atoms with Gasteiger partial charge in [0.2, 0.25) is 5.95 Å². The van der Waals surface area contributed by atoms with E-state index in [1.807, 2.05) is 31.2 Å². The van der Waals surface area contributed by atoms with Crippen LogP contribution in [0.2, 0.25) is 5.02 Å². The lowest BCUT2D eigenvalue weighted by molar-refractivity contribution is 0.217. The molecule has 1 aromatic heterocycles. The largest absolute Gasteiger partial charge is 0.491 e. The van der Waals surface area contributed by atoms with Gasteiger partial charge in [0.1, 0.15) is 10.8 Å². The maximum Gasteiger partial charge on any atom is 0.239 e. The number of aromatic nitrogens is 2. The highest BCUT2D eigenvalue weighted by Gasteiger charge is 2.07. The number of hydrogen-bond acceptors (Lipinski definition) is 6. The van der Waals surface area contributed by atoms with E-state index in [-0.39, 0.29) is 12.1 Å². The molecule has 1 aromatic carbocycles. The standard InChI is InChI=1S/C14H18ClN5O/c1-3-9(2)21-11-6-4-5-10(7-11)18-13-12(15)8-17-14(19-13)20-16/h4-9H,3,16H2,1-2H3,(H2,17,18,19,20). The van der Waals surface area contributed by atoms with Crippen molar-refractivity contribution in [3.05, 3.63) is 35.5 Å². The molecule has 0 saturated heterocycles. The molecule has 0 spiro atoms. The number of hydrogen-bond donors (Lipinski definition) is 3. The third-order valence-corrected chi connectivity index (χ3v) is 3.16. The summed E-state index contributed by atoms with van der Waals surface area (Å²) in [7, 11) is 0. The molecule has 0 saturated carbocycles. The molecule has 0 aliphatic carbocycles. The molecule has 6 nitrogen and oxygen atoms in total. The van der Waals surface area contributed by atoms with E-state index in [9.17, 15) is 0 Å². The topological polar surface area (TPSA) is 85.1 Å². The van der Waals surface area contributed by atoms with Gasteiger partial charge in [0.05, 0.1) is 12.3 Å². The molecular formula is C14H18ClN5O. The molecule has 0 fully saturated rings. The van der Waals surface area contributed by atoms with Gasteiger partial charge in [-0.1, -0.05) is 24.6 Å². The first-order valence-electron chi connectivity index (χ1n) is 6.65. The first kappa shape index (κ1) is 15.3. The number of rotatable bonds is 6. The van der Waals surface area contributed by atoms with E-state index in [0.717, 1.165) is 17.9 Å². The van der Waals surface area contributed by atoms with E-state index < -0.39 is 0 Å². The van der Waals surface area contributed by atoms with Crippen molar-refractivity contribution in [2.45, 2.75) is 26.4 Å². The van der Waals surface area contributed by atoms with Crippen molar-refractivity contribution in [2.75, 3.05) is 10.7 Å². The van der Waals surface area contributed by atoms with Gasteiger partial charge < -0.3 is 10.1 Å². The fraction of sp³-hybridized carbons (Fsp3) is 0.286. The first-order chi connectivity index (χ1) is 10.1. The Hall–Kier alpha value is -2.05. The van der Waals surface area contributed by atoms with Crippen LogP contribution in [0.5, 0.6) is 5.75 Å². The monoisotopic (exact) mass is 307 g/mol. The van der Waals surface area contributed by atoms with Crippen molar-refractivity contribution < 1.29 is 4.74 Å². The number of hydrazine groups is 1. The van der Waals surface area contributed by atoms with Crippen LogP contribution in [0.15, 0.2) is 30.5 Å². The van der Waals surface area contributed by atoms with E-state index in [4.69, 9.17) is 22.2 Å². The molecule has 1 unspecified atom stereocenters. The van der Waals surface area contributed by atoms with Crippen molar-refractivity contribution in [1.29, 1.82) is 0 Å². The Labute approximate surface area is 128 Å². The van der Waals surface area contributed by atoms with Gasteiger partial charge in [0.15, 0.2) is 5.82 Å². The van der Waals surface area contributed by atoms with Gasteiger partial charge in [-0.3, -0.25) is 5.43 Å². The predicted molar refractivity (Wildman–Crippen MR) is 85.0 cm³/mol. The summed E-state index contributed by atoms with van der Waals surface area (Å²) in [4.78, 5) is 8.08. The van der Waals surface area contributed by atoms with Gasteiger partial charge in [0, 0.05) is 11.8 Å². The van der Waals surface area contributed by atoms with E-state index in [1.165, 1.54) is 6.20 Å². The number of halogens is 1. The van der Waals surface area contributed by atoms with Crippen LogP contribution in [0.3, 0.4) is 0 Å². The molecule has 0 aliphatic rings. The Balaban J connectivity index is 2.18. The number of anilines is 3. The van der Waals surface area contributed by atoms with Crippen LogP contribution in [-0.4, -0.2) is 16.1 Å². The molecule has 0 amide bonds. The smallest absolute Gasteiger partial charge is 0.239 e. The third kappa shape index (κ3) is 4.21. The number of nitrogens with one attached hydrogen (secondary N) is 2. The van der Waals surface area contributed by atoms with Crippen molar-refractivity contribution >= 4 is 29.1 Å². The third-order valence-electron chi connectivity index (χ3n) is 2.88. The molecule has 0 bridgehead atoms. The SMILES string of the molecule is CCC(C)Oc1cccc(Nc2nc(NN)ncc2Cl)c1. The number of nitrogens with two attached hydrogens (primary N) is 1.